The van der Waals surface area contributed by atoms with Crippen LogP contribution in [0.15, 0.2) is 34.9 Å². The van der Waals surface area contributed by atoms with Crippen LogP contribution in [0, 0.1) is 11.8 Å². The number of likely N-dealkylation sites (tertiary alicyclic amines) is 1. The minimum atomic E-state index is -0.495. The van der Waals surface area contributed by atoms with Gasteiger partial charge in [-0.2, -0.15) is 0 Å². The van der Waals surface area contributed by atoms with Gasteiger partial charge in [-0.15, -0.1) is 0 Å². The summed E-state index contributed by atoms with van der Waals surface area (Å²) in [7, 11) is 0. The van der Waals surface area contributed by atoms with Crippen LogP contribution in [-0.4, -0.2) is 33.1 Å². The molecular weight excluding hydrogens is 406 g/mol. The Bertz CT molecular complexity index is 821. The number of nitrogens with zero attached hydrogens (tertiary/aromatic N) is 2. The minimum Gasteiger partial charge on any atom is -0.444 e. The third-order valence-corrected chi connectivity index (χ3v) is 5.83. The van der Waals surface area contributed by atoms with Gasteiger partial charge in [0.05, 0.1) is 11.7 Å². The molecule has 1 aromatic heterocycles. The number of imidazole rings is 1. The van der Waals surface area contributed by atoms with Crippen molar-refractivity contribution in [2.24, 2.45) is 11.8 Å². The fourth-order valence-corrected chi connectivity index (χ4v) is 4.10. The molecule has 5 nitrogen and oxygen atoms in total. The molecule has 2 aliphatic rings. The zero-order valence-corrected chi connectivity index (χ0v) is 17.6. The van der Waals surface area contributed by atoms with Crippen LogP contribution in [-0.2, 0) is 4.74 Å². The van der Waals surface area contributed by atoms with Crippen LogP contribution in [0.5, 0.6) is 0 Å². The number of aromatic amines is 1. The quantitative estimate of drug-likeness (QED) is 0.692. The third kappa shape index (κ3) is 4.21. The first-order valence-electron chi connectivity index (χ1n) is 9.61. The number of rotatable bonds is 3. The first-order valence-corrected chi connectivity index (χ1v) is 10.4. The first kappa shape index (κ1) is 18.5. The Morgan fingerprint density at radius 3 is 2.56 bits per heavy atom. The minimum absolute atomic E-state index is 0.0466. The Morgan fingerprint density at radius 1 is 1.22 bits per heavy atom. The van der Waals surface area contributed by atoms with Crippen molar-refractivity contribution in [3.8, 4) is 11.3 Å². The zero-order valence-electron chi connectivity index (χ0n) is 16.0. The van der Waals surface area contributed by atoms with Crippen molar-refractivity contribution >= 4 is 22.0 Å². The average molecular weight is 432 g/mol. The summed E-state index contributed by atoms with van der Waals surface area (Å²) < 4.78 is 6.71. The molecule has 0 spiro atoms. The van der Waals surface area contributed by atoms with Gasteiger partial charge in [0, 0.05) is 22.8 Å². The van der Waals surface area contributed by atoms with Crippen molar-refractivity contribution in [3.63, 3.8) is 0 Å². The molecule has 0 bridgehead atoms. The number of ether oxygens (including phenoxy) is 1. The summed E-state index contributed by atoms with van der Waals surface area (Å²) in [5.74, 6) is 2.14. The molecule has 4 rings (SSSR count). The molecule has 2 heterocycles. The number of hydrogen-bond acceptors (Lipinski definition) is 3. The largest absolute Gasteiger partial charge is 0.444 e. The Kier molecular flexibility index (Phi) is 4.78. The lowest BCUT2D eigenvalue weighted by molar-refractivity contribution is 0.0213. The molecule has 1 saturated heterocycles. The molecule has 2 aromatic rings. The standard InChI is InChI=1S/C21H26BrN3O2/c1-21(2,3)27-20(26)25-12-15(13-4-5-13)10-18(25)19-23-11-17(24-19)14-6-8-16(22)9-7-14/h6-9,11,13,15,18H,4-5,10,12H2,1-3H3,(H,23,24)/t15-,18-/m0/s1. The number of carbonyl (C=O) groups is 1. The van der Waals surface area contributed by atoms with Gasteiger partial charge in [-0.05, 0) is 64.0 Å². The molecule has 1 N–H and O–H groups in total. The number of halogens is 1. The number of hydrogen-bond donors (Lipinski definition) is 1. The van der Waals surface area contributed by atoms with Crippen molar-refractivity contribution in [1.29, 1.82) is 0 Å². The van der Waals surface area contributed by atoms with Crippen LogP contribution < -0.4 is 0 Å². The van der Waals surface area contributed by atoms with E-state index in [4.69, 9.17) is 9.72 Å². The second-order valence-corrected chi connectivity index (χ2v) is 9.58. The number of carbonyl (C=O) groups excluding carboxylic acids is 1. The van der Waals surface area contributed by atoms with Crippen LogP contribution in [0.3, 0.4) is 0 Å². The molecule has 2 atom stereocenters. The fourth-order valence-electron chi connectivity index (χ4n) is 3.84. The maximum Gasteiger partial charge on any atom is 0.410 e. The van der Waals surface area contributed by atoms with Gasteiger partial charge in [0.15, 0.2) is 0 Å². The van der Waals surface area contributed by atoms with Crippen molar-refractivity contribution in [2.75, 3.05) is 6.54 Å². The van der Waals surface area contributed by atoms with E-state index in [-0.39, 0.29) is 12.1 Å². The normalized spacial score (nSPS) is 22.9. The zero-order chi connectivity index (χ0) is 19.2. The maximum absolute atomic E-state index is 12.8. The molecule has 2 fully saturated rings. The van der Waals surface area contributed by atoms with Crippen molar-refractivity contribution in [3.05, 3.63) is 40.8 Å². The SMILES string of the molecule is CC(C)(C)OC(=O)N1C[C@@H](C2CC2)C[C@H]1c1nc(-c2ccc(Br)cc2)c[nH]1. The molecule has 0 radical (unpaired) electrons. The van der Waals surface area contributed by atoms with E-state index < -0.39 is 5.60 Å². The smallest absolute Gasteiger partial charge is 0.410 e. The highest BCUT2D eigenvalue weighted by Gasteiger charge is 2.45. The van der Waals surface area contributed by atoms with E-state index in [2.05, 4.69) is 20.9 Å². The molecule has 1 amide bonds. The molecule has 0 unspecified atom stereocenters. The van der Waals surface area contributed by atoms with Gasteiger partial charge in [0.1, 0.15) is 11.4 Å². The van der Waals surface area contributed by atoms with Crippen molar-refractivity contribution in [1.82, 2.24) is 14.9 Å². The van der Waals surface area contributed by atoms with Gasteiger partial charge < -0.3 is 9.72 Å². The summed E-state index contributed by atoms with van der Waals surface area (Å²) in [6.45, 7) is 6.49. The van der Waals surface area contributed by atoms with Gasteiger partial charge in [-0.1, -0.05) is 28.1 Å². The molecule has 1 aromatic carbocycles. The Morgan fingerprint density at radius 2 is 1.93 bits per heavy atom. The van der Waals surface area contributed by atoms with Crippen LogP contribution >= 0.6 is 15.9 Å². The summed E-state index contributed by atoms with van der Waals surface area (Å²) in [6.07, 6.45) is 5.20. The third-order valence-electron chi connectivity index (χ3n) is 5.30. The number of nitrogens with one attached hydrogen (secondary N) is 1. The summed E-state index contributed by atoms with van der Waals surface area (Å²) in [4.78, 5) is 22.8. The second kappa shape index (κ2) is 6.97. The van der Waals surface area contributed by atoms with Gasteiger partial charge in [-0.25, -0.2) is 9.78 Å². The lowest BCUT2D eigenvalue weighted by atomic mass is 10.0. The number of amides is 1. The predicted octanol–water partition coefficient (Wildman–Crippen LogP) is 5.55. The average Bonchev–Trinajstić information content (AvgIpc) is 3.16. The maximum atomic E-state index is 12.8. The molecular formula is C21H26BrN3O2. The highest BCUT2D eigenvalue weighted by Crippen LogP contribution is 2.47. The van der Waals surface area contributed by atoms with E-state index in [9.17, 15) is 4.79 Å². The number of aromatic nitrogens is 2. The molecule has 1 aliphatic carbocycles. The molecule has 27 heavy (non-hydrogen) atoms. The van der Waals surface area contributed by atoms with E-state index in [1.54, 1.807) is 0 Å². The van der Waals surface area contributed by atoms with E-state index in [0.29, 0.717) is 5.92 Å². The Labute approximate surface area is 168 Å². The summed E-state index contributed by atoms with van der Waals surface area (Å²) in [6, 6.07) is 8.05. The highest BCUT2D eigenvalue weighted by molar-refractivity contribution is 9.10. The van der Waals surface area contributed by atoms with E-state index in [0.717, 1.165) is 40.4 Å². The Hall–Kier alpha value is -1.82. The Balaban J connectivity index is 1.57. The summed E-state index contributed by atoms with van der Waals surface area (Å²) >= 11 is 3.46. The van der Waals surface area contributed by atoms with E-state index >= 15 is 0 Å². The molecule has 1 aliphatic heterocycles. The highest BCUT2D eigenvalue weighted by atomic mass is 79.9. The van der Waals surface area contributed by atoms with Crippen LogP contribution in [0.25, 0.3) is 11.3 Å². The van der Waals surface area contributed by atoms with Gasteiger partial charge in [0.25, 0.3) is 0 Å². The number of H-pyrrole nitrogens is 1. The monoisotopic (exact) mass is 431 g/mol. The van der Waals surface area contributed by atoms with Crippen LogP contribution in [0.2, 0.25) is 0 Å². The summed E-state index contributed by atoms with van der Waals surface area (Å²) in [5.41, 5.74) is 1.46. The van der Waals surface area contributed by atoms with Gasteiger partial charge in [-0.3, -0.25) is 4.90 Å². The molecule has 6 heteroatoms. The van der Waals surface area contributed by atoms with E-state index in [1.807, 2.05) is 56.1 Å². The topological polar surface area (TPSA) is 58.2 Å². The van der Waals surface area contributed by atoms with E-state index in [1.165, 1.54) is 12.8 Å². The van der Waals surface area contributed by atoms with Crippen molar-refractivity contribution in [2.45, 2.75) is 51.7 Å². The van der Waals surface area contributed by atoms with Gasteiger partial charge in [0.2, 0.25) is 0 Å². The van der Waals surface area contributed by atoms with Crippen LogP contribution in [0.1, 0.15) is 51.9 Å². The van der Waals surface area contributed by atoms with Crippen LogP contribution in [0.4, 0.5) is 4.79 Å². The predicted molar refractivity (Wildman–Crippen MR) is 108 cm³/mol. The molecule has 144 valence electrons. The molecule has 1 saturated carbocycles. The van der Waals surface area contributed by atoms with Crippen molar-refractivity contribution < 1.29 is 9.53 Å². The second-order valence-electron chi connectivity index (χ2n) is 8.66. The van der Waals surface area contributed by atoms with Gasteiger partial charge >= 0.3 is 6.09 Å². The lowest BCUT2D eigenvalue weighted by Crippen LogP contribution is -2.37. The first-order chi connectivity index (χ1) is 12.8. The number of benzene rings is 1. The summed E-state index contributed by atoms with van der Waals surface area (Å²) in [5, 5.41) is 0. The fraction of sp³-hybridized carbons (Fsp3) is 0.524. The lowest BCUT2D eigenvalue weighted by Gasteiger charge is -2.27.